The number of nitrogens with two attached hydrogens (primary N) is 1. The van der Waals surface area contributed by atoms with E-state index in [0.29, 0.717) is 5.56 Å². The number of hydrogen-bond acceptors (Lipinski definition) is 6. The first-order valence-electron chi connectivity index (χ1n) is 9.72. The van der Waals surface area contributed by atoms with Crippen LogP contribution in [-0.2, 0) is 37.2 Å². The highest BCUT2D eigenvalue weighted by Crippen LogP contribution is 2.11. The monoisotopic (exact) mass is 463 g/mol. The summed E-state index contributed by atoms with van der Waals surface area (Å²) in [5.74, 6) is -1.99. The SMILES string of the molecule is CCOC(=O)N[C@@H](Cc1ccccc1)C(=O)N[C@@H](Cc1ccc(S(N)(=O)=O)cc1)C(=O)O. The molecule has 0 fully saturated rings. The first kappa shape index (κ1) is 24.8. The molecule has 0 heterocycles. The van der Waals surface area contributed by atoms with Crippen LogP contribution >= 0.6 is 0 Å². The third kappa shape index (κ3) is 7.67. The van der Waals surface area contributed by atoms with Gasteiger partial charge in [-0.2, -0.15) is 0 Å². The fourth-order valence-corrected chi connectivity index (χ4v) is 3.41. The van der Waals surface area contributed by atoms with Gasteiger partial charge in [0.1, 0.15) is 12.1 Å². The first-order chi connectivity index (χ1) is 15.1. The van der Waals surface area contributed by atoms with Crippen molar-refractivity contribution >= 4 is 28.0 Å². The molecule has 2 atom stereocenters. The summed E-state index contributed by atoms with van der Waals surface area (Å²) >= 11 is 0. The summed E-state index contributed by atoms with van der Waals surface area (Å²) < 4.78 is 27.6. The fraction of sp³-hybridized carbons (Fsp3) is 0.286. The molecule has 0 saturated heterocycles. The molecule has 0 aliphatic rings. The zero-order valence-electron chi connectivity index (χ0n) is 17.4. The van der Waals surface area contributed by atoms with Crippen molar-refractivity contribution in [3.05, 3.63) is 65.7 Å². The zero-order chi connectivity index (χ0) is 23.7. The average molecular weight is 464 g/mol. The smallest absolute Gasteiger partial charge is 0.407 e. The van der Waals surface area contributed by atoms with Crippen molar-refractivity contribution in [1.29, 1.82) is 0 Å². The van der Waals surface area contributed by atoms with Crippen molar-refractivity contribution in [2.45, 2.75) is 36.7 Å². The molecule has 10 nitrogen and oxygen atoms in total. The number of carbonyl (C=O) groups is 3. The third-order valence-corrected chi connectivity index (χ3v) is 5.40. The van der Waals surface area contributed by atoms with E-state index in [1.807, 2.05) is 0 Å². The van der Waals surface area contributed by atoms with Crippen molar-refractivity contribution in [2.24, 2.45) is 5.14 Å². The number of nitrogens with one attached hydrogen (secondary N) is 2. The standard InChI is InChI=1S/C21H25N3O7S/c1-2-31-21(28)24-17(12-14-6-4-3-5-7-14)19(25)23-18(20(26)27)13-15-8-10-16(11-9-15)32(22,29)30/h3-11,17-18H,2,12-13H2,1H3,(H,23,25)(H,24,28)(H,26,27)(H2,22,29,30)/t17-,18-/m0/s1. The molecule has 2 aromatic rings. The van der Waals surface area contributed by atoms with Gasteiger partial charge >= 0.3 is 12.1 Å². The van der Waals surface area contributed by atoms with E-state index >= 15 is 0 Å². The number of alkyl carbamates (subject to hydrolysis) is 1. The molecule has 0 radical (unpaired) electrons. The van der Waals surface area contributed by atoms with Crippen LogP contribution in [0, 0.1) is 0 Å². The topological polar surface area (TPSA) is 165 Å². The van der Waals surface area contributed by atoms with Gasteiger partial charge in [0.25, 0.3) is 0 Å². The van der Waals surface area contributed by atoms with Crippen LogP contribution in [-0.4, -0.2) is 50.2 Å². The number of carboxylic acid groups (broad SMARTS) is 1. The van der Waals surface area contributed by atoms with E-state index in [2.05, 4.69) is 10.6 Å². The number of hydrogen-bond donors (Lipinski definition) is 4. The van der Waals surface area contributed by atoms with Gasteiger partial charge in [0, 0.05) is 12.8 Å². The third-order valence-electron chi connectivity index (χ3n) is 4.47. The van der Waals surface area contributed by atoms with Gasteiger partial charge in [0.05, 0.1) is 11.5 Å². The number of aliphatic carboxylic acids is 1. The Hall–Kier alpha value is -3.44. The second-order valence-corrected chi connectivity index (χ2v) is 8.46. The zero-order valence-corrected chi connectivity index (χ0v) is 18.2. The lowest BCUT2D eigenvalue weighted by Crippen LogP contribution is -2.53. The highest BCUT2D eigenvalue weighted by atomic mass is 32.2. The molecule has 0 aromatic heterocycles. The maximum Gasteiger partial charge on any atom is 0.407 e. The van der Waals surface area contributed by atoms with E-state index in [-0.39, 0.29) is 24.3 Å². The molecule has 5 N–H and O–H groups in total. The molecule has 2 aromatic carbocycles. The Morgan fingerprint density at radius 2 is 1.50 bits per heavy atom. The van der Waals surface area contributed by atoms with E-state index in [4.69, 9.17) is 9.88 Å². The van der Waals surface area contributed by atoms with Gasteiger partial charge in [-0.1, -0.05) is 42.5 Å². The van der Waals surface area contributed by atoms with Crippen LogP contribution in [0.5, 0.6) is 0 Å². The molecule has 2 rings (SSSR count). The number of primary sulfonamides is 1. The Morgan fingerprint density at radius 3 is 2.03 bits per heavy atom. The Labute approximate surface area is 185 Å². The maximum atomic E-state index is 12.8. The molecule has 0 saturated carbocycles. The molecular weight excluding hydrogens is 438 g/mol. The molecule has 0 aliphatic heterocycles. The molecule has 172 valence electrons. The lowest BCUT2D eigenvalue weighted by molar-refractivity contribution is -0.142. The Morgan fingerprint density at radius 1 is 0.938 bits per heavy atom. The average Bonchev–Trinajstić information content (AvgIpc) is 2.73. The Kier molecular flexibility index (Phi) is 8.73. The summed E-state index contributed by atoms with van der Waals surface area (Å²) in [7, 11) is -3.88. The van der Waals surface area contributed by atoms with Crippen LogP contribution in [0.15, 0.2) is 59.5 Å². The second kappa shape index (κ2) is 11.3. The lowest BCUT2D eigenvalue weighted by atomic mass is 10.0. The fourth-order valence-electron chi connectivity index (χ4n) is 2.90. The summed E-state index contributed by atoms with van der Waals surface area (Å²) in [5, 5.41) is 19.5. The predicted octanol–water partition coefficient (Wildman–Crippen LogP) is 0.803. The van der Waals surface area contributed by atoms with Crippen molar-refractivity contribution in [1.82, 2.24) is 10.6 Å². The van der Waals surface area contributed by atoms with Crippen molar-refractivity contribution in [3.63, 3.8) is 0 Å². The van der Waals surface area contributed by atoms with Crippen LogP contribution in [0.3, 0.4) is 0 Å². The van der Waals surface area contributed by atoms with Crippen LogP contribution < -0.4 is 15.8 Å². The van der Waals surface area contributed by atoms with Crippen LogP contribution in [0.4, 0.5) is 4.79 Å². The van der Waals surface area contributed by atoms with E-state index in [1.54, 1.807) is 37.3 Å². The molecule has 0 spiro atoms. The minimum absolute atomic E-state index is 0.108. The number of rotatable bonds is 10. The number of amides is 2. The van der Waals surface area contributed by atoms with Gasteiger partial charge in [-0.15, -0.1) is 0 Å². The minimum atomic E-state index is -3.88. The molecule has 0 aliphatic carbocycles. The summed E-state index contributed by atoms with van der Waals surface area (Å²) in [5.41, 5.74) is 1.23. The van der Waals surface area contributed by atoms with Gasteiger partial charge in [0.15, 0.2) is 0 Å². The highest BCUT2D eigenvalue weighted by molar-refractivity contribution is 7.89. The molecule has 11 heteroatoms. The molecular formula is C21H25N3O7S. The molecule has 0 unspecified atom stereocenters. The summed E-state index contributed by atoms with van der Waals surface area (Å²) in [6.45, 7) is 1.73. The quantitative estimate of drug-likeness (QED) is 0.405. The van der Waals surface area contributed by atoms with Crippen molar-refractivity contribution in [3.8, 4) is 0 Å². The van der Waals surface area contributed by atoms with Gasteiger partial charge in [-0.05, 0) is 30.2 Å². The van der Waals surface area contributed by atoms with Gasteiger partial charge in [-0.25, -0.2) is 23.1 Å². The van der Waals surface area contributed by atoms with Crippen LogP contribution in [0.25, 0.3) is 0 Å². The van der Waals surface area contributed by atoms with Gasteiger partial charge < -0.3 is 20.5 Å². The molecule has 2 amide bonds. The molecule has 32 heavy (non-hydrogen) atoms. The van der Waals surface area contributed by atoms with E-state index < -0.39 is 40.1 Å². The summed E-state index contributed by atoms with van der Waals surface area (Å²) in [6.07, 6.45) is -0.779. The van der Waals surface area contributed by atoms with Crippen LogP contribution in [0.1, 0.15) is 18.1 Å². The second-order valence-electron chi connectivity index (χ2n) is 6.90. The number of benzene rings is 2. The Bertz CT molecular complexity index is 1040. The molecule has 0 bridgehead atoms. The largest absolute Gasteiger partial charge is 0.480 e. The van der Waals surface area contributed by atoms with E-state index in [9.17, 15) is 27.9 Å². The lowest BCUT2D eigenvalue weighted by Gasteiger charge is -2.21. The number of carboxylic acids is 1. The van der Waals surface area contributed by atoms with Crippen LogP contribution in [0.2, 0.25) is 0 Å². The summed E-state index contributed by atoms with van der Waals surface area (Å²) in [4.78, 5) is 36.3. The minimum Gasteiger partial charge on any atom is -0.480 e. The Balaban J connectivity index is 2.15. The van der Waals surface area contributed by atoms with Crippen molar-refractivity contribution in [2.75, 3.05) is 6.61 Å². The predicted molar refractivity (Wildman–Crippen MR) is 115 cm³/mol. The van der Waals surface area contributed by atoms with E-state index in [0.717, 1.165) is 5.56 Å². The van der Waals surface area contributed by atoms with Crippen molar-refractivity contribution < 1.29 is 32.6 Å². The van der Waals surface area contributed by atoms with E-state index in [1.165, 1.54) is 24.3 Å². The highest BCUT2D eigenvalue weighted by Gasteiger charge is 2.27. The normalized spacial score (nSPS) is 12.9. The summed E-state index contributed by atoms with van der Waals surface area (Å²) in [6, 6.07) is 11.9. The first-order valence-corrected chi connectivity index (χ1v) is 11.3. The van der Waals surface area contributed by atoms with Gasteiger partial charge in [-0.3, -0.25) is 4.79 Å². The van der Waals surface area contributed by atoms with Gasteiger partial charge in [0.2, 0.25) is 15.9 Å². The number of sulfonamides is 1. The number of carbonyl (C=O) groups excluding carboxylic acids is 2. The maximum absolute atomic E-state index is 12.8. The number of ether oxygens (including phenoxy) is 1.